The van der Waals surface area contributed by atoms with E-state index in [0.29, 0.717) is 17.5 Å². The number of oxazole rings is 1. The van der Waals surface area contributed by atoms with E-state index in [-0.39, 0.29) is 30.9 Å². The van der Waals surface area contributed by atoms with Gasteiger partial charge in [0, 0.05) is 48.7 Å². The van der Waals surface area contributed by atoms with Crippen LogP contribution in [0.2, 0.25) is 5.02 Å². The molecule has 2 aromatic heterocycles. The minimum absolute atomic E-state index is 0. The monoisotopic (exact) mass is 426 g/mol. The molecule has 1 aliphatic heterocycles. The van der Waals surface area contributed by atoms with Crippen molar-refractivity contribution >= 4 is 36.4 Å². The highest BCUT2D eigenvalue weighted by Gasteiger charge is 2.25. The van der Waals surface area contributed by atoms with Crippen molar-refractivity contribution < 1.29 is 4.42 Å². The predicted molar refractivity (Wildman–Crippen MR) is 112 cm³/mol. The van der Waals surface area contributed by atoms with E-state index in [1.807, 2.05) is 36.5 Å². The number of nitrogens with zero attached hydrogens (tertiary/aromatic N) is 3. The van der Waals surface area contributed by atoms with E-state index >= 15 is 0 Å². The molecule has 1 saturated heterocycles. The van der Waals surface area contributed by atoms with Crippen molar-refractivity contribution in [1.82, 2.24) is 20.2 Å². The first-order valence-corrected chi connectivity index (χ1v) is 8.73. The van der Waals surface area contributed by atoms with Gasteiger partial charge in [-0.1, -0.05) is 29.8 Å². The van der Waals surface area contributed by atoms with Crippen LogP contribution in [-0.4, -0.2) is 34.5 Å². The third kappa shape index (κ3) is 5.21. The molecule has 27 heavy (non-hydrogen) atoms. The van der Waals surface area contributed by atoms with Crippen molar-refractivity contribution in [2.75, 3.05) is 19.6 Å². The summed E-state index contributed by atoms with van der Waals surface area (Å²) >= 11 is 6.06. The zero-order chi connectivity index (χ0) is 17.1. The lowest BCUT2D eigenvalue weighted by atomic mass is 10.1. The van der Waals surface area contributed by atoms with E-state index in [2.05, 4.69) is 26.3 Å². The van der Waals surface area contributed by atoms with Gasteiger partial charge in [-0.05, 0) is 23.8 Å². The molecule has 1 N–H and O–H groups in total. The van der Waals surface area contributed by atoms with Crippen LogP contribution in [0.3, 0.4) is 0 Å². The van der Waals surface area contributed by atoms with E-state index in [1.165, 1.54) is 5.56 Å². The largest absolute Gasteiger partial charge is 0.439 e. The van der Waals surface area contributed by atoms with Crippen LogP contribution >= 0.6 is 36.4 Å². The molecule has 1 unspecified atom stereocenters. The van der Waals surface area contributed by atoms with Gasteiger partial charge in [0.1, 0.15) is 0 Å². The number of aromatic nitrogens is 2. The molecule has 0 aliphatic carbocycles. The second kappa shape index (κ2) is 10.1. The summed E-state index contributed by atoms with van der Waals surface area (Å²) in [5.74, 6) is 1.45. The number of benzene rings is 1. The fourth-order valence-corrected chi connectivity index (χ4v) is 3.36. The Kier molecular flexibility index (Phi) is 8.07. The fourth-order valence-electron chi connectivity index (χ4n) is 3.17. The van der Waals surface area contributed by atoms with Gasteiger partial charge >= 0.3 is 0 Å². The minimum Gasteiger partial charge on any atom is -0.439 e. The molecule has 1 fully saturated rings. The molecule has 5 nitrogen and oxygen atoms in total. The SMILES string of the molecule is Cl.Cl.Clc1cccc(-c2cnc(CN3CCNCC3c3cccnc3)o2)c1. The van der Waals surface area contributed by atoms with Gasteiger partial charge in [0.2, 0.25) is 5.89 Å². The van der Waals surface area contributed by atoms with Crippen molar-refractivity contribution in [2.24, 2.45) is 0 Å². The number of halogens is 3. The Labute approximate surface area is 176 Å². The van der Waals surface area contributed by atoms with Crippen molar-refractivity contribution in [1.29, 1.82) is 0 Å². The molecule has 4 rings (SSSR count). The van der Waals surface area contributed by atoms with Crippen LogP contribution in [0.25, 0.3) is 11.3 Å². The van der Waals surface area contributed by atoms with Crippen molar-refractivity contribution in [3.05, 3.63) is 71.5 Å². The molecule has 0 radical (unpaired) electrons. The van der Waals surface area contributed by atoms with Crippen molar-refractivity contribution in [3.8, 4) is 11.3 Å². The molecule has 0 spiro atoms. The van der Waals surface area contributed by atoms with Crippen molar-refractivity contribution in [3.63, 3.8) is 0 Å². The number of hydrogen-bond donors (Lipinski definition) is 1. The smallest absolute Gasteiger partial charge is 0.209 e. The Bertz CT molecular complexity index is 844. The minimum atomic E-state index is 0. The third-order valence-corrected chi connectivity index (χ3v) is 4.66. The zero-order valence-corrected chi connectivity index (χ0v) is 16.9. The van der Waals surface area contributed by atoms with Crippen LogP contribution in [0, 0.1) is 0 Å². The van der Waals surface area contributed by atoms with E-state index in [0.717, 1.165) is 31.0 Å². The average molecular weight is 428 g/mol. The molecule has 8 heteroatoms. The van der Waals surface area contributed by atoms with Gasteiger partial charge in [0.25, 0.3) is 0 Å². The van der Waals surface area contributed by atoms with Gasteiger partial charge in [0.05, 0.1) is 12.7 Å². The molecule has 0 amide bonds. The topological polar surface area (TPSA) is 54.2 Å². The van der Waals surface area contributed by atoms with Gasteiger partial charge in [0.15, 0.2) is 5.76 Å². The number of hydrogen-bond acceptors (Lipinski definition) is 5. The molecule has 144 valence electrons. The van der Waals surface area contributed by atoms with Crippen LogP contribution in [0.5, 0.6) is 0 Å². The second-order valence-electron chi connectivity index (χ2n) is 6.11. The molecule has 0 bridgehead atoms. The van der Waals surface area contributed by atoms with Gasteiger partial charge in [-0.15, -0.1) is 24.8 Å². The Balaban J connectivity index is 0.00000131. The molecular formula is C19H21Cl3N4O. The first-order chi connectivity index (χ1) is 12.3. The second-order valence-corrected chi connectivity index (χ2v) is 6.54. The summed E-state index contributed by atoms with van der Waals surface area (Å²) in [6, 6.07) is 12.0. The normalized spacial score (nSPS) is 17.0. The van der Waals surface area contributed by atoms with E-state index < -0.39 is 0 Å². The van der Waals surface area contributed by atoms with Crippen LogP contribution in [0.1, 0.15) is 17.5 Å². The highest BCUT2D eigenvalue weighted by Crippen LogP contribution is 2.26. The Hall–Kier alpha value is -1.63. The maximum Gasteiger partial charge on any atom is 0.209 e. The lowest BCUT2D eigenvalue weighted by Crippen LogP contribution is -2.45. The van der Waals surface area contributed by atoms with E-state index in [1.54, 1.807) is 12.4 Å². The summed E-state index contributed by atoms with van der Waals surface area (Å²) in [7, 11) is 0. The summed E-state index contributed by atoms with van der Waals surface area (Å²) in [5.41, 5.74) is 2.15. The standard InChI is InChI=1S/C19H19ClN4O.2ClH/c20-16-5-1-3-14(9-16)18-12-23-19(25-18)13-24-8-7-22-11-17(24)15-4-2-6-21-10-15;;/h1-6,9-10,12,17,22H,7-8,11,13H2;2*1H. The van der Waals surface area contributed by atoms with E-state index in [9.17, 15) is 0 Å². The number of piperazine rings is 1. The maximum atomic E-state index is 6.06. The Morgan fingerprint density at radius 3 is 2.85 bits per heavy atom. The molecule has 1 aliphatic rings. The summed E-state index contributed by atoms with van der Waals surface area (Å²) in [6.07, 6.45) is 5.50. The van der Waals surface area contributed by atoms with Crippen LogP contribution in [0.4, 0.5) is 0 Å². The van der Waals surface area contributed by atoms with Gasteiger partial charge < -0.3 is 9.73 Å². The molecular weight excluding hydrogens is 407 g/mol. The first-order valence-electron chi connectivity index (χ1n) is 8.35. The van der Waals surface area contributed by atoms with Crippen LogP contribution in [-0.2, 0) is 6.54 Å². The summed E-state index contributed by atoms with van der Waals surface area (Å²) < 4.78 is 5.96. The Morgan fingerprint density at radius 1 is 1.19 bits per heavy atom. The van der Waals surface area contributed by atoms with Gasteiger partial charge in [-0.2, -0.15) is 0 Å². The zero-order valence-electron chi connectivity index (χ0n) is 14.5. The summed E-state index contributed by atoms with van der Waals surface area (Å²) in [6.45, 7) is 3.46. The number of rotatable bonds is 4. The van der Waals surface area contributed by atoms with Crippen LogP contribution < -0.4 is 5.32 Å². The third-order valence-electron chi connectivity index (χ3n) is 4.42. The quantitative estimate of drug-likeness (QED) is 0.669. The number of pyridine rings is 1. The molecule has 3 heterocycles. The highest BCUT2D eigenvalue weighted by molar-refractivity contribution is 6.30. The average Bonchev–Trinajstić information content (AvgIpc) is 3.12. The van der Waals surface area contributed by atoms with Gasteiger partial charge in [-0.25, -0.2) is 4.98 Å². The lowest BCUT2D eigenvalue weighted by molar-refractivity contribution is 0.140. The highest BCUT2D eigenvalue weighted by atomic mass is 35.5. The molecule has 0 saturated carbocycles. The fraction of sp³-hybridized carbons (Fsp3) is 0.263. The van der Waals surface area contributed by atoms with Gasteiger partial charge in [-0.3, -0.25) is 9.88 Å². The van der Waals surface area contributed by atoms with Crippen LogP contribution in [0.15, 0.2) is 59.4 Å². The Morgan fingerprint density at radius 2 is 2.07 bits per heavy atom. The van der Waals surface area contributed by atoms with E-state index in [4.69, 9.17) is 16.0 Å². The predicted octanol–water partition coefficient (Wildman–Crippen LogP) is 4.38. The summed E-state index contributed by atoms with van der Waals surface area (Å²) in [4.78, 5) is 11.1. The van der Waals surface area contributed by atoms with Crippen molar-refractivity contribution in [2.45, 2.75) is 12.6 Å². The maximum absolute atomic E-state index is 6.06. The lowest BCUT2D eigenvalue weighted by Gasteiger charge is -2.35. The number of nitrogens with one attached hydrogen (secondary N) is 1. The molecule has 3 aromatic rings. The molecule has 1 aromatic carbocycles. The summed E-state index contributed by atoms with van der Waals surface area (Å²) in [5, 5.41) is 4.14. The first kappa shape index (κ1) is 21.7. The molecule has 1 atom stereocenters.